The molecule has 2 aromatic carbocycles. The standard InChI is InChI=1S/C93H150BrN31O20/c1-7-8-24-62(84(139)123-93(5,6)89(145)122-68(88(143)144)46-55-31-33-56(94)34-32-55)116-85(140)70-29-19-42-124(70)73(128)49-109-76(131)59(25-13-15-38-96)113-82(137)67(47-57-48-105-51-110-57)120-83(138)69(50-126)121-81(136)65(44-52(2)3)119-78(133)61(27-17-40-107-91(101)102)115-86(141)71-30-20-43-125(71)87(142)64(28-18-41-108-92(103)104)117-79(134)63(35-36-72(98)127)114-77(132)60(26-16-39-106-90(99)100)112-74(129)53(4)111-80(135)66(45-54-21-10-9-11-22-54)118-75(130)58(97)23-12-14-37-95/h9-11,21-22,31-34,48,51-53,58-71,126H,7-8,12-20,23-30,35-47,49-50,95-97H2,1-6H3,(H2,98,127)(H,105,110)(H,109,131)(H,111,135)(H,112,129)(H,113,137)(H,114,132)(H,115,141)(H,116,140)(H,117,134)(H,118,130)(H,119,133)(H,120,138)(H,121,136)(H,122,145)(H,123,139)(H,143,144)(H4,99,100,106)(H4,101,102,107)(H4,103,104,108)/t53-,58-,59-,60-,61-,62-,63-,64-,65-,66-,67-,68-,69-,70-,71-/m0/s1. The zero-order valence-electron chi connectivity index (χ0n) is 83.1. The van der Waals surface area contributed by atoms with E-state index in [1.807, 2.05) is 6.92 Å². The molecule has 51 nitrogen and oxygen atoms in total. The monoisotopic (exact) mass is 2100 g/mol. The number of halogens is 1. The Hall–Kier alpha value is -13.8. The van der Waals surface area contributed by atoms with Gasteiger partial charge in [0.05, 0.1) is 31.2 Å². The van der Waals surface area contributed by atoms with Crippen LogP contribution in [0.25, 0.3) is 0 Å². The summed E-state index contributed by atoms with van der Waals surface area (Å²) < 4.78 is 0.761. The summed E-state index contributed by atoms with van der Waals surface area (Å²) in [6, 6.07) is -5.95. The van der Waals surface area contributed by atoms with Crippen molar-refractivity contribution >= 4 is 140 Å². The Morgan fingerprint density at radius 3 is 1.44 bits per heavy atom. The number of benzene rings is 2. The normalized spacial score (nSPS) is 16.0. The fourth-order valence-corrected chi connectivity index (χ4v) is 16.3. The second-order valence-electron chi connectivity index (χ2n) is 36.8. The number of amides is 17. The number of unbranched alkanes of at least 4 members (excludes halogenated alkanes) is 3. The predicted octanol–water partition coefficient (Wildman–Crippen LogP) is -6.02. The van der Waals surface area contributed by atoms with E-state index in [1.54, 1.807) is 68.4 Å². The number of H-pyrrole nitrogens is 1. The fraction of sp³-hybridized carbons (Fsp3) is 0.613. The molecule has 0 bridgehead atoms. The molecule has 0 aliphatic carbocycles. The van der Waals surface area contributed by atoms with Crippen LogP contribution in [-0.2, 0) is 106 Å². The van der Waals surface area contributed by atoms with Crippen molar-refractivity contribution in [2.45, 2.75) is 298 Å². The number of carboxylic acid groups (broad SMARTS) is 1. The lowest BCUT2D eigenvalue weighted by Crippen LogP contribution is -2.62. The first-order chi connectivity index (χ1) is 68.8. The summed E-state index contributed by atoms with van der Waals surface area (Å²) in [7, 11) is 0. The first-order valence-electron chi connectivity index (χ1n) is 48.9. The number of nitrogens with zero attached hydrogens (tertiary/aromatic N) is 3. The van der Waals surface area contributed by atoms with Crippen LogP contribution in [0.15, 0.2) is 71.6 Å². The van der Waals surface area contributed by atoms with Gasteiger partial charge in [-0.25, -0.2) is 9.78 Å². The Bertz CT molecular complexity index is 4830. The van der Waals surface area contributed by atoms with Gasteiger partial charge in [0.25, 0.3) is 0 Å². The third-order valence-electron chi connectivity index (χ3n) is 24.0. The maximum Gasteiger partial charge on any atom is 0.326 e. The molecule has 0 unspecified atom stereocenters. The molecule has 1 aromatic heterocycles. The van der Waals surface area contributed by atoms with Gasteiger partial charge in [-0.1, -0.05) is 98.4 Å². The number of aliphatic hydroxyl groups excluding tert-OH is 1. The van der Waals surface area contributed by atoms with E-state index in [-0.39, 0.29) is 154 Å². The zero-order chi connectivity index (χ0) is 108. The Morgan fingerprint density at radius 2 is 0.910 bits per heavy atom. The number of carbonyl (C=O) groups excluding carboxylic acids is 17. The number of carbonyl (C=O) groups is 18. The molecule has 0 spiro atoms. The van der Waals surface area contributed by atoms with Crippen molar-refractivity contribution in [2.75, 3.05) is 59.0 Å². The van der Waals surface area contributed by atoms with Gasteiger partial charge in [-0.05, 0) is 179 Å². The molecule has 0 radical (unpaired) electrons. The van der Waals surface area contributed by atoms with Crippen LogP contribution in [0.2, 0.25) is 0 Å². The summed E-state index contributed by atoms with van der Waals surface area (Å²) >= 11 is 3.34. The van der Waals surface area contributed by atoms with E-state index in [4.69, 9.17) is 56.4 Å². The van der Waals surface area contributed by atoms with E-state index in [9.17, 15) is 91.7 Å². The van der Waals surface area contributed by atoms with Crippen LogP contribution in [0, 0.1) is 22.1 Å². The van der Waals surface area contributed by atoms with Crippen LogP contribution in [0.1, 0.15) is 200 Å². The highest BCUT2D eigenvalue weighted by atomic mass is 79.9. The second-order valence-corrected chi connectivity index (χ2v) is 37.8. The lowest BCUT2D eigenvalue weighted by molar-refractivity contribution is -0.143. The molecule has 3 heterocycles. The highest BCUT2D eigenvalue weighted by Crippen LogP contribution is 2.24. The van der Waals surface area contributed by atoms with Crippen molar-refractivity contribution < 1.29 is 96.5 Å². The molecule has 0 saturated carbocycles. The van der Waals surface area contributed by atoms with Gasteiger partial charge in [-0.15, -0.1) is 0 Å². The molecule has 2 fully saturated rings. The van der Waals surface area contributed by atoms with Crippen molar-refractivity contribution in [3.63, 3.8) is 0 Å². The van der Waals surface area contributed by atoms with Crippen molar-refractivity contribution in [1.29, 1.82) is 16.2 Å². The summed E-state index contributed by atoms with van der Waals surface area (Å²) in [4.78, 5) is 264. The summed E-state index contributed by atoms with van der Waals surface area (Å²) in [5.41, 5.74) is 39.8. The number of hydrogen-bond acceptors (Lipinski definition) is 26. The van der Waals surface area contributed by atoms with Crippen LogP contribution in [-0.4, -0.2) is 309 Å². The van der Waals surface area contributed by atoms with E-state index in [2.05, 4.69) is 116 Å². The molecule has 804 valence electrons. The number of aromatic nitrogens is 2. The first kappa shape index (κ1) is 122. The van der Waals surface area contributed by atoms with Gasteiger partial charge in [-0.2, -0.15) is 0 Å². The summed E-state index contributed by atoms with van der Waals surface area (Å²) in [5, 5.41) is 88.4. The van der Waals surface area contributed by atoms with Gasteiger partial charge in [0.15, 0.2) is 17.9 Å². The fourth-order valence-electron chi connectivity index (χ4n) is 16.0. The van der Waals surface area contributed by atoms with Crippen LogP contribution < -0.4 is 131 Å². The van der Waals surface area contributed by atoms with Crippen molar-refractivity contribution in [3.8, 4) is 0 Å². The number of carboxylic acids is 1. The molecule has 145 heavy (non-hydrogen) atoms. The van der Waals surface area contributed by atoms with E-state index < -0.39 is 252 Å². The number of aliphatic carboxylic acids is 1. The number of aliphatic hydroxyl groups is 1. The molecule has 5 rings (SSSR count). The molecular formula is C93H150BrN31O20. The Kier molecular flexibility index (Phi) is 53.2. The van der Waals surface area contributed by atoms with Gasteiger partial charge in [0, 0.05) is 69.1 Å². The van der Waals surface area contributed by atoms with Gasteiger partial charge in [0.2, 0.25) is 100 Å². The van der Waals surface area contributed by atoms with Gasteiger partial charge >= 0.3 is 5.97 Å². The van der Waals surface area contributed by atoms with Gasteiger partial charge < -0.3 is 156 Å². The quantitative estimate of drug-likeness (QED) is 0.0142. The summed E-state index contributed by atoms with van der Waals surface area (Å²) in [6.45, 7) is 8.01. The molecule has 2 saturated heterocycles. The highest BCUT2D eigenvalue weighted by Gasteiger charge is 2.44. The topological polar surface area (TPSA) is 841 Å². The van der Waals surface area contributed by atoms with Gasteiger partial charge in [-0.3, -0.25) is 97.7 Å². The minimum Gasteiger partial charge on any atom is -0.480 e. The SMILES string of the molecule is CCCC[C@H](NC(=O)[C@@H]1CCCN1C(=O)CNC(=O)[C@H](CCCCN)NC(=O)[C@H](Cc1c[nH]cn1)NC(=O)[C@H](CO)NC(=O)[C@H](CC(C)C)NC(=O)[C@H](CCCNC(=N)N)NC(=O)[C@@H]1CCCN1C(=O)[C@H](CCCNC(=N)N)NC(=O)[C@H](CCC(N)=O)NC(=O)[C@H](CCCNC(=N)N)NC(=O)[C@H](C)NC(=O)[C@H](Cc1ccccc1)NC(=O)[C@@H](N)CCCCN)C(=O)NC(C)(C)C(=O)N[C@@H](Cc1ccc(Br)cc1)C(=O)O. The van der Waals surface area contributed by atoms with Crippen LogP contribution in [0.3, 0.4) is 0 Å². The second kappa shape index (κ2) is 63.4. The van der Waals surface area contributed by atoms with E-state index >= 15 is 4.79 Å². The maximum absolute atomic E-state index is 15.2. The molecule has 3 aromatic rings. The lowest BCUT2D eigenvalue weighted by Gasteiger charge is -2.31. The average Bonchev–Trinajstić information content (AvgIpc) is 1.70. The Balaban J connectivity index is 1.33. The number of aromatic amines is 1. The number of hydrogen-bond donors (Lipinski definition) is 30. The number of nitrogens with one attached hydrogen (secondary N) is 21. The molecule has 17 amide bonds. The van der Waals surface area contributed by atoms with Crippen LogP contribution in [0.5, 0.6) is 0 Å². The number of nitrogens with two attached hydrogens (primary N) is 7. The van der Waals surface area contributed by atoms with E-state index in [0.29, 0.717) is 56.2 Å². The first-order valence-corrected chi connectivity index (χ1v) is 49.7. The molecule has 2 aliphatic heterocycles. The average molecular weight is 2100 g/mol. The molecule has 37 N–H and O–H groups in total. The van der Waals surface area contributed by atoms with Crippen molar-refractivity contribution in [1.82, 2.24) is 110 Å². The van der Waals surface area contributed by atoms with Crippen molar-refractivity contribution in [3.05, 3.63) is 88.4 Å². The van der Waals surface area contributed by atoms with E-state index in [0.717, 1.165) is 9.37 Å². The predicted molar refractivity (Wildman–Crippen MR) is 537 cm³/mol. The minimum atomic E-state index is -1.86. The third kappa shape index (κ3) is 43.8. The maximum atomic E-state index is 15.2. The third-order valence-corrected chi connectivity index (χ3v) is 24.6. The Morgan fingerprint density at radius 1 is 0.476 bits per heavy atom. The number of likely N-dealkylation sites (tertiary alicyclic amines) is 2. The molecule has 15 atom stereocenters. The van der Waals surface area contributed by atoms with E-state index in [1.165, 1.54) is 38.2 Å². The number of rotatable bonds is 66. The number of primary amides is 1. The Labute approximate surface area is 850 Å². The van der Waals surface area contributed by atoms with Crippen LogP contribution in [0.4, 0.5) is 0 Å². The van der Waals surface area contributed by atoms with Gasteiger partial charge in [0.1, 0.15) is 90.1 Å². The van der Waals surface area contributed by atoms with Crippen LogP contribution >= 0.6 is 15.9 Å². The molecule has 52 heteroatoms. The smallest absolute Gasteiger partial charge is 0.326 e. The summed E-state index contributed by atoms with van der Waals surface area (Å²) in [5.74, 6) is -18.1. The lowest BCUT2D eigenvalue weighted by atomic mass is 10.00. The zero-order valence-corrected chi connectivity index (χ0v) is 84.7. The highest BCUT2D eigenvalue weighted by molar-refractivity contribution is 9.10. The number of imidazole rings is 1. The molecular weight excluding hydrogens is 1950 g/mol. The molecule has 2 aliphatic rings. The van der Waals surface area contributed by atoms with Crippen molar-refractivity contribution in [2.24, 2.45) is 46.1 Å². The largest absolute Gasteiger partial charge is 0.480 e. The summed E-state index contributed by atoms with van der Waals surface area (Å²) in [6.07, 6.45) is 4.38. The number of guanidine groups is 3. The minimum absolute atomic E-state index is 0.00520.